The van der Waals surface area contributed by atoms with Crippen LogP contribution in [0.5, 0.6) is 0 Å². The first kappa shape index (κ1) is 16.2. The number of carbonyl (C=O) groups excluding carboxylic acids is 1. The second kappa shape index (κ2) is 6.47. The fourth-order valence-corrected chi connectivity index (χ4v) is 3.83. The van der Waals surface area contributed by atoms with Crippen molar-refractivity contribution in [1.29, 1.82) is 0 Å². The largest absolute Gasteiger partial charge is 0.342 e. The van der Waals surface area contributed by atoms with Gasteiger partial charge in [-0.2, -0.15) is 0 Å². The van der Waals surface area contributed by atoms with Crippen molar-refractivity contribution in [2.24, 2.45) is 5.92 Å². The molecule has 1 N–H and O–H groups in total. The Balaban J connectivity index is 1.83. The summed E-state index contributed by atoms with van der Waals surface area (Å²) in [7, 11) is 0. The molecule has 0 aliphatic carbocycles. The Morgan fingerprint density at radius 2 is 1.91 bits per heavy atom. The van der Waals surface area contributed by atoms with E-state index in [0.29, 0.717) is 16.2 Å². The number of rotatable bonds is 4. The molecule has 0 radical (unpaired) electrons. The Morgan fingerprint density at radius 1 is 1.26 bits per heavy atom. The number of carbonyl (C=O) groups is 1. The number of halogens is 2. The fraction of sp³-hybridized carbons (Fsp3) is 0.500. The lowest BCUT2D eigenvalue weighted by Crippen LogP contribution is -2.38. The highest BCUT2D eigenvalue weighted by atomic mass is 32.2. The highest BCUT2D eigenvalue weighted by molar-refractivity contribution is 8.00. The molecule has 2 aromatic rings. The number of fused-ring (bicyclic) bond motifs is 1. The van der Waals surface area contributed by atoms with E-state index in [1.165, 1.54) is 11.8 Å². The number of nitrogens with one attached hydrogen (secondary N) is 1. The van der Waals surface area contributed by atoms with Gasteiger partial charge in [0.1, 0.15) is 0 Å². The summed E-state index contributed by atoms with van der Waals surface area (Å²) < 4.78 is 26.6. The van der Waals surface area contributed by atoms with Crippen molar-refractivity contribution in [3.8, 4) is 0 Å². The van der Waals surface area contributed by atoms with Crippen molar-refractivity contribution in [2.45, 2.75) is 37.1 Å². The van der Waals surface area contributed by atoms with Crippen molar-refractivity contribution in [3.05, 3.63) is 23.8 Å². The van der Waals surface area contributed by atoms with E-state index < -0.39 is 11.6 Å². The molecule has 1 atom stereocenters. The first-order valence-electron chi connectivity index (χ1n) is 7.76. The highest BCUT2D eigenvalue weighted by Crippen LogP contribution is 2.30. The molecule has 7 heteroatoms. The van der Waals surface area contributed by atoms with Crippen LogP contribution in [0.4, 0.5) is 8.78 Å². The normalized spacial score (nSPS) is 16.5. The molecule has 0 saturated carbocycles. The lowest BCUT2D eigenvalue weighted by atomic mass is 10.1. The summed E-state index contributed by atoms with van der Waals surface area (Å²) in [5.41, 5.74) is 0.796. The zero-order valence-corrected chi connectivity index (χ0v) is 13.9. The average molecular weight is 339 g/mol. The van der Waals surface area contributed by atoms with Gasteiger partial charge in [0.05, 0.1) is 16.3 Å². The Hall–Kier alpha value is -1.63. The highest BCUT2D eigenvalue weighted by Gasteiger charge is 2.30. The van der Waals surface area contributed by atoms with Gasteiger partial charge in [0.15, 0.2) is 16.8 Å². The van der Waals surface area contributed by atoms with E-state index in [9.17, 15) is 13.6 Å². The van der Waals surface area contributed by atoms with Crippen LogP contribution in [0.25, 0.3) is 11.0 Å². The molecule has 0 unspecified atom stereocenters. The lowest BCUT2D eigenvalue weighted by molar-refractivity contribution is -0.130. The zero-order chi connectivity index (χ0) is 16.6. The molecule has 1 fully saturated rings. The third kappa shape index (κ3) is 3.34. The molecule has 124 valence electrons. The number of hydrogen-bond donors (Lipinski definition) is 1. The standard InChI is InChI=1S/C16H19F2N3OS/c1-9(2)14(15(22)21-5-3-4-6-21)23-16-19-12-7-10(17)11(18)8-13(12)20-16/h7-9,14H,3-6H2,1-2H3,(H,19,20)/t14-/m1/s1. The molecule has 1 aliphatic rings. The van der Waals surface area contributed by atoms with Crippen LogP contribution in [-0.4, -0.2) is 39.1 Å². The fourth-order valence-electron chi connectivity index (χ4n) is 2.75. The van der Waals surface area contributed by atoms with E-state index in [2.05, 4.69) is 9.97 Å². The molecule has 1 aromatic heterocycles. The van der Waals surface area contributed by atoms with Crippen molar-refractivity contribution in [3.63, 3.8) is 0 Å². The van der Waals surface area contributed by atoms with Gasteiger partial charge in [0.2, 0.25) is 5.91 Å². The van der Waals surface area contributed by atoms with Crippen molar-refractivity contribution < 1.29 is 13.6 Å². The predicted molar refractivity (Wildman–Crippen MR) is 86.3 cm³/mol. The van der Waals surface area contributed by atoms with E-state index in [4.69, 9.17) is 0 Å². The zero-order valence-electron chi connectivity index (χ0n) is 13.1. The number of imidazole rings is 1. The van der Waals surface area contributed by atoms with Gasteiger partial charge in [0, 0.05) is 25.2 Å². The Kier molecular flexibility index (Phi) is 4.57. The van der Waals surface area contributed by atoms with E-state index in [0.717, 1.165) is 38.1 Å². The van der Waals surface area contributed by atoms with Gasteiger partial charge in [-0.1, -0.05) is 25.6 Å². The van der Waals surface area contributed by atoms with E-state index >= 15 is 0 Å². The first-order valence-corrected chi connectivity index (χ1v) is 8.64. The molecule has 2 heterocycles. The van der Waals surface area contributed by atoms with Crippen LogP contribution < -0.4 is 0 Å². The van der Waals surface area contributed by atoms with Gasteiger partial charge in [0.25, 0.3) is 0 Å². The van der Waals surface area contributed by atoms with Gasteiger partial charge in [-0.25, -0.2) is 13.8 Å². The molecule has 0 bridgehead atoms. The lowest BCUT2D eigenvalue weighted by Gasteiger charge is -2.24. The molecule has 1 aromatic carbocycles. The maximum Gasteiger partial charge on any atom is 0.236 e. The van der Waals surface area contributed by atoms with Crippen molar-refractivity contribution in [2.75, 3.05) is 13.1 Å². The second-order valence-corrected chi connectivity index (χ2v) is 7.27. The molecule has 23 heavy (non-hydrogen) atoms. The van der Waals surface area contributed by atoms with Crippen LogP contribution in [0.15, 0.2) is 17.3 Å². The third-order valence-corrected chi connectivity index (χ3v) is 5.42. The Bertz CT molecular complexity index is 686. The minimum Gasteiger partial charge on any atom is -0.342 e. The van der Waals surface area contributed by atoms with Gasteiger partial charge in [-0.05, 0) is 18.8 Å². The molecule has 0 spiro atoms. The molecular formula is C16H19F2N3OS. The van der Waals surface area contributed by atoms with E-state index in [1.54, 1.807) is 0 Å². The summed E-state index contributed by atoms with van der Waals surface area (Å²) in [6.45, 7) is 5.60. The number of amides is 1. The summed E-state index contributed by atoms with van der Waals surface area (Å²) in [6.07, 6.45) is 2.09. The minimum atomic E-state index is -0.922. The Labute approximate surface area is 137 Å². The number of benzene rings is 1. The monoisotopic (exact) mass is 339 g/mol. The topological polar surface area (TPSA) is 49.0 Å². The van der Waals surface area contributed by atoms with Crippen LogP contribution in [-0.2, 0) is 4.79 Å². The minimum absolute atomic E-state index is 0.111. The van der Waals surface area contributed by atoms with E-state index in [-0.39, 0.29) is 17.1 Å². The summed E-state index contributed by atoms with van der Waals surface area (Å²) in [5, 5.41) is 0.250. The molecular weight excluding hydrogens is 320 g/mol. The smallest absolute Gasteiger partial charge is 0.236 e. The number of H-pyrrole nitrogens is 1. The van der Waals surface area contributed by atoms with Crippen LogP contribution in [0.2, 0.25) is 0 Å². The first-order chi connectivity index (χ1) is 11.0. The van der Waals surface area contributed by atoms with Crippen LogP contribution in [0.1, 0.15) is 26.7 Å². The van der Waals surface area contributed by atoms with E-state index in [1.807, 2.05) is 18.7 Å². The number of nitrogens with zero attached hydrogens (tertiary/aromatic N) is 2. The molecule has 4 nitrogen and oxygen atoms in total. The number of likely N-dealkylation sites (tertiary alicyclic amines) is 1. The van der Waals surface area contributed by atoms with Crippen molar-refractivity contribution >= 4 is 28.7 Å². The maximum absolute atomic E-state index is 13.3. The predicted octanol–water partition coefficient (Wildman–Crippen LogP) is 3.58. The van der Waals surface area contributed by atoms with Gasteiger partial charge < -0.3 is 9.88 Å². The van der Waals surface area contributed by atoms with Crippen LogP contribution in [0.3, 0.4) is 0 Å². The number of aromatic amines is 1. The maximum atomic E-state index is 13.3. The van der Waals surface area contributed by atoms with Crippen molar-refractivity contribution in [1.82, 2.24) is 14.9 Å². The second-order valence-electron chi connectivity index (χ2n) is 6.14. The summed E-state index contributed by atoms with van der Waals surface area (Å²) in [5.74, 6) is -1.59. The quantitative estimate of drug-likeness (QED) is 0.866. The number of thioether (sulfide) groups is 1. The summed E-state index contributed by atoms with van der Waals surface area (Å²) >= 11 is 1.33. The molecule has 1 saturated heterocycles. The summed E-state index contributed by atoms with van der Waals surface area (Å²) in [4.78, 5) is 21.8. The van der Waals surface area contributed by atoms with Gasteiger partial charge in [-0.15, -0.1) is 0 Å². The van der Waals surface area contributed by atoms with Gasteiger partial charge >= 0.3 is 0 Å². The number of hydrogen-bond acceptors (Lipinski definition) is 3. The average Bonchev–Trinajstić information content (AvgIpc) is 3.13. The molecule has 3 rings (SSSR count). The number of aromatic nitrogens is 2. The SMILES string of the molecule is CC(C)[C@@H](Sc1nc2cc(F)c(F)cc2[nH]1)C(=O)N1CCCC1. The van der Waals surface area contributed by atoms with Crippen LogP contribution in [0, 0.1) is 17.6 Å². The third-order valence-electron chi connectivity index (χ3n) is 4.01. The molecule has 1 amide bonds. The summed E-state index contributed by atoms with van der Waals surface area (Å²) in [6, 6.07) is 2.16. The van der Waals surface area contributed by atoms with Crippen LogP contribution >= 0.6 is 11.8 Å². The molecule has 1 aliphatic heterocycles. The Morgan fingerprint density at radius 3 is 2.57 bits per heavy atom. The van der Waals surface area contributed by atoms with Gasteiger partial charge in [-0.3, -0.25) is 4.79 Å².